The largest absolute Gasteiger partial charge is 0.460 e. The average molecular weight is 248 g/mol. The summed E-state index contributed by atoms with van der Waals surface area (Å²) in [4.78, 5) is 22.9. The monoisotopic (exact) mass is 248 g/mol. The number of esters is 1. The molecule has 1 saturated carbocycles. The van der Waals surface area contributed by atoms with Crippen molar-refractivity contribution < 1.29 is 19.4 Å². The van der Waals surface area contributed by atoms with Crippen LogP contribution < -0.4 is 0 Å². The molecule has 4 heteroatoms. The molecule has 1 fully saturated rings. The number of benzene rings is 1. The zero-order valence-corrected chi connectivity index (χ0v) is 10.3. The van der Waals surface area contributed by atoms with Crippen molar-refractivity contribution in [1.82, 2.24) is 0 Å². The van der Waals surface area contributed by atoms with E-state index < -0.39 is 17.4 Å². The first-order valence-corrected chi connectivity index (χ1v) is 6.07. The molecule has 0 spiro atoms. The number of rotatable bonds is 5. The lowest BCUT2D eigenvalue weighted by molar-refractivity contribution is -0.137. The Kier molecular flexibility index (Phi) is 3.48. The van der Waals surface area contributed by atoms with Gasteiger partial charge in [0.15, 0.2) is 0 Å². The summed E-state index contributed by atoms with van der Waals surface area (Å²) in [6.07, 6.45) is 2.26. The number of hydrogen-bond donors (Lipinski definition) is 1. The Balaban J connectivity index is 2.02. The molecule has 0 unspecified atom stereocenters. The maximum atomic E-state index is 11.6. The van der Waals surface area contributed by atoms with Crippen LogP contribution in [0.3, 0.4) is 0 Å². The first-order valence-electron chi connectivity index (χ1n) is 6.07. The van der Waals surface area contributed by atoms with Crippen molar-refractivity contribution in [2.45, 2.75) is 31.8 Å². The molecule has 0 radical (unpaired) electrons. The van der Waals surface area contributed by atoms with Crippen LogP contribution in [0.4, 0.5) is 0 Å². The Bertz CT molecular complexity index is 457. The van der Waals surface area contributed by atoms with Crippen molar-refractivity contribution >= 4 is 11.8 Å². The number of Topliss-reactive ketones (excluding diaryl/α,β-unsaturated/α-hetero) is 1. The van der Waals surface area contributed by atoms with E-state index in [-0.39, 0.29) is 6.61 Å². The smallest absolute Gasteiger partial charge is 0.379 e. The van der Waals surface area contributed by atoms with E-state index in [0.29, 0.717) is 12.0 Å². The van der Waals surface area contributed by atoms with Gasteiger partial charge in [0.2, 0.25) is 0 Å². The van der Waals surface area contributed by atoms with Gasteiger partial charge < -0.3 is 9.84 Å². The lowest BCUT2D eigenvalue weighted by atomic mass is 10.0. The fourth-order valence-electron chi connectivity index (χ4n) is 1.79. The van der Waals surface area contributed by atoms with Gasteiger partial charge in [-0.15, -0.1) is 0 Å². The Hall–Kier alpha value is -1.68. The molecule has 2 rings (SSSR count). The summed E-state index contributed by atoms with van der Waals surface area (Å²) in [5.74, 6) is -1.46. The third-order valence-corrected chi connectivity index (χ3v) is 3.04. The number of aliphatic hydroxyl groups is 1. The molecule has 1 aromatic rings. The Morgan fingerprint density at radius 3 is 2.39 bits per heavy atom. The molecule has 0 saturated heterocycles. The van der Waals surface area contributed by atoms with Gasteiger partial charge in [-0.25, -0.2) is 4.79 Å². The van der Waals surface area contributed by atoms with Gasteiger partial charge in [0.25, 0.3) is 5.78 Å². The van der Waals surface area contributed by atoms with Crippen LogP contribution in [0, 0.1) is 0 Å². The van der Waals surface area contributed by atoms with E-state index in [2.05, 4.69) is 4.74 Å². The van der Waals surface area contributed by atoms with Gasteiger partial charge in [0.1, 0.15) is 0 Å². The van der Waals surface area contributed by atoms with Gasteiger partial charge in [-0.2, -0.15) is 0 Å². The standard InChI is InChI=1S/C14H16O4/c1-2-18-13(16)12(15)11-5-3-10(4-6-11)9-14(17)7-8-14/h3-6,17H,2,7-9H2,1H3. The Morgan fingerprint density at radius 1 is 1.28 bits per heavy atom. The minimum Gasteiger partial charge on any atom is -0.460 e. The highest BCUT2D eigenvalue weighted by Crippen LogP contribution is 2.38. The highest BCUT2D eigenvalue weighted by atomic mass is 16.5. The predicted octanol–water partition coefficient (Wildman–Crippen LogP) is 1.50. The summed E-state index contributed by atoms with van der Waals surface area (Å²) in [5.41, 5.74) is 0.738. The van der Waals surface area contributed by atoms with Crippen molar-refractivity contribution in [3.05, 3.63) is 35.4 Å². The third kappa shape index (κ3) is 2.96. The van der Waals surface area contributed by atoms with Gasteiger partial charge in [-0.05, 0) is 25.3 Å². The van der Waals surface area contributed by atoms with Crippen LogP contribution in [-0.4, -0.2) is 29.1 Å². The van der Waals surface area contributed by atoms with E-state index in [9.17, 15) is 14.7 Å². The molecular formula is C14H16O4. The SMILES string of the molecule is CCOC(=O)C(=O)c1ccc(CC2(O)CC2)cc1. The van der Waals surface area contributed by atoms with Crippen LogP contribution in [0.2, 0.25) is 0 Å². The molecule has 1 N–H and O–H groups in total. The topological polar surface area (TPSA) is 63.6 Å². The molecule has 0 bridgehead atoms. The van der Waals surface area contributed by atoms with Crippen LogP contribution in [0.25, 0.3) is 0 Å². The lowest BCUT2D eigenvalue weighted by Crippen LogP contribution is -2.17. The molecule has 18 heavy (non-hydrogen) atoms. The molecule has 4 nitrogen and oxygen atoms in total. The molecule has 0 aromatic heterocycles. The molecule has 0 amide bonds. The second-order valence-corrected chi connectivity index (χ2v) is 4.65. The van der Waals surface area contributed by atoms with Crippen LogP contribution in [0.5, 0.6) is 0 Å². The molecule has 96 valence electrons. The van der Waals surface area contributed by atoms with Crippen LogP contribution in [0.1, 0.15) is 35.7 Å². The average Bonchev–Trinajstić information content (AvgIpc) is 3.07. The van der Waals surface area contributed by atoms with Crippen molar-refractivity contribution in [3.8, 4) is 0 Å². The summed E-state index contributed by atoms with van der Waals surface area (Å²) in [6, 6.07) is 6.73. The van der Waals surface area contributed by atoms with Gasteiger partial charge in [-0.3, -0.25) is 4.79 Å². The third-order valence-electron chi connectivity index (χ3n) is 3.04. The van der Waals surface area contributed by atoms with Crippen molar-refractivity contribution in [2.24, 2.45) is 0 Å². The van der Waals surface area contributed by atoms with Crippen LogP contribution >= 0.6 is 0 Å². The van der Waals surface area contributed by atoms with Crippen LogP contribution in [-0.2, 0) is 16.0 Å². The number of ether oxygens (including phenoxy) is 1. The lowest BCUT2D eigenvalue weighted by Gasteiger charge is -2.07. The summed E-state index contributed by atoms with van der Waals surface area (Å²) in [7, 11) is 0. The maximum Gasteiger partial charge on any atom is 0.379 e. The second-order valence-electron chi connectivity index (χ2n) is 4.65. The van der Waals surface area contributed by atoms with Crippen molar-refractivity contribution in [1.29, 1.82) is 0 Å². The predicted molar refractivity (Wildman–Crippen MR) is 65.3 cm³/mol. The van der Waals surface area contributed by atoms with E-state index in [1.54, 1.807) is 31.2 Å². The summed E-state index contributed by atoms with van der Waals surface area (Å²) in [6.45, 7) is 1.85. The summed E-state index contributed by atoms with van der Waals surface area (Å²) in [5, 5.41) is 9.78. The summed E-state index contributed by atoms with van der Waals surface area (Å²) < 4.78 is 4.65. The van der Waals surface area contributed by atoms with Crippen molar-refractivity contribution in [2.75, 3.05) is 6.61 Å². The van der Waals surface area contributed by atoms with Gasteiger partial charge >= 0.3 is 5.97 Å². The van der Waals surface area contributed by atoms with Crippen LogP contribution in [0.15, 0.2) is 24.3 Å². The highest BCUT2D eigenvalue weighted by molar-refractivity contribution is 6.40. The molecule has 0 atom stereocenters. The molecule has 0 aliphatic heterocycles. The first-order chi connectivity index (χ1) is 8.54. The number of ketones is 1. The molecular weight excluding hydrogens is 232 g/mol. The Morgan fingerprint density at radius 2 is 1.89 bits per heavy atom. The van der Waals surface area contributed by atoms with Gasteiger partial charge in [0.05, 0.1) is 12.2 Å². The van der Waals surface area contributed by atoms with Gasteiger partial charge in [0, 0.05) is 12.0 Å². The minimum absolute atomic E-state index is 0.190. The zero-order valence-electron chi connectivity index (χ0n) is 10.3. The fraction of sp³-hybridized carbons (Fsp3) is 0.429. The number of hydrogen-bond acceptors (Lipinski definition) is 4. The van der Waals surface area contributed by atoms with E-state index >= 15 is 0 Å². The molecule has 1 aromatic carbocycles. The van der Waals surface area contributed by atoms with E-state index in [1.807, 2.05) is 0 Å². The molecule has 1 aliphatic carbocycles. The zero-order chi connectivity index (χ0) is 13.2. The Labute approximate surface area is 106 Å². The maximum absolute atomic E-state index is 11.6. The molecule has 1 aliphatic rings. The van der Waals surface area contributed by atoms with Crippen molar-refractivity contribution in [3.63, 3.8) is 0 Å². The number of carbonyl (C=O) groups excluding carboxylic acids is 2. The summed E-state index contributed by atoms with van der Waals surface area (Å²) >= 11 is 0. The van der Waals surface area contributed by atoms with E-state index in [0.717, 1.165) is 18.4 Å². The first kappa shape index (κ1) is 12.8. The quantitative estimate of drug-likeness (QED) is 0.487. The normalized spacial score (nSPS) is 16.1. The van der Waals surface area contributed by atoms with E-state index in [4.69, 9.17) is 0 Å². The minimum atomic E-state index is -0.828. The fourth-order valence-corrected chi connectivity index (χ4v) is 1.79. The number of carbonyl (C=O) groups is 2. The molecule has 0 heterocycles. The van der Waals surface area contributed by atoms with Gasteiger partial charge in [-0.1, -0.05) is 24.3 Å². The second kappa shape index (κ2) is 4.90. The van der Waals surface area contributed by atoms with E-state index in [1.165, 1.54) is 0 Å². The highest BCUT2D eigenvalue weighted by Gasteiger charge is 2.40.